The highest BCUT2D eigenvalue weighted by Crippen LogP contribution is 2.26. The molecule has 1 nitrogen and oxygen atoms in total. The van der Waals surface area contributed by atoms with E-state index in [4.69, 9.17) is 11.6 Å². The Labute approximate surface area is 128 Å². The van der Waals surface area contributed by atoms with Gasteiger partial charge in [-0.25, -0.2) is 0 Å². The monoisotopic (exact) mass is 337 g/mol. The van der Waals surface area contributed by atoms with E-state index in [1.807, 2.05) is 6.07 Å². The normalized spacial score (nSPS) is 10.5. The third kappa shape index (κ3) is 3.74. The third-order valence-electron chi connectivity index (χ3n) is 3.14. The van der Waals surface area contributed by atoms with Gasteiger partial charge in [0.05, 0.1) is 0 Å². The lowest BCUT2D eigenvalue weighted by Gasteiger charge is -2.24. The average Bonchev–Trinajstić information content (AvgIpc) is 2.46. The molecule has 100 valence electrons. The zero-order valence-corrected chi connectivity index (χ0v) is 13.3. The lowest BCUT2D eigenvalue weighted by Crippen LogP contribution is -2.21. The number of rotatable bonds is 5. The first-order chi connectivity index (χ1) is 9.24. The standard InChI is InChI=1S/C16H17BrClN/c1-2-19(12-13-6-4-3-5-7-13)15-9-8-14(11-18)16(17)10-15/h3-10H,2,11-12H2,1H3. The summed E-state index contributed by atoms with van der Waals surface area (Å²) in [7, 11) is 0. The Bertz CT molecular complexity index is 528. The van der Waals surface area contributed by atoms with Crippen molar-refractivity contribution < 1.29 is 0 Å². The largest absolute Gasteiger partial charge is 0.367 e. The summed E-state index contributed by atoms with van der Waals surface area (Å²) in [5.74, 6) is 0.533. The minimum atomic E-state index is 0.533. The number of benzene rings is 2. The van der Waals surface area contributed by atoms with Crippen molar-refractivity contribution in [3.8, 4) is 0 Å². The molecule has 0 saturated carbocycles. The predicted molar refractivity (Wildman–Crippen MR) is 86.9 cm³/mol. The number of hydrogen-bond donors (Lipinski definition) is 0. The van der Waals surface area contributed by atoms with Crippen LogP contribution in [0.1, 0.15) is 18.1 Å². The summed E-state index contributed by atoms with van der Waals surface area (Å²) in [6, 6.07) is 16.9. The van der Waals surface area contributed by atoms with Gasteiger partial charge in [0.15, 0.2) is 0 Å². The third-order valence-corrected chi connectivity index (χ3v) is 4.17. The van der Waals surface area contributed by atoms with Crippen LogP contribution in [0.4, 0.5) is 5.69 Å². The van der Waals surface area contributed by atoms with Crippen LogP contribution in [0.25, 0.3) is 0 Å². The highest BCUT2D eigenvalue weighted by molar-refractivity contribution is 9.10. The number of halogens is 2. The second-order valence-corrected chi connectivity index (χ2v) is 5.53. The fourth-order valence-electron chi connectivity index (χ4n) is 2.03. The van der Waals surface area contributed by atoms with Crippen molar-refractivity contribution in [2.75, 3.05) is 11.4 Å². The molecule has 0 radical (unpaired) electrons. The highest BCUT2D eigenvalue weighted by atomic mass is 79.9. The van der Waals surface area contributed by atoms with Gasteiger partial charge in [0, 0.05) is 29.1 Å². The van der Waals surface area contributed by atoms with Crippen LogP contribution < -0.4 is 4.90 Å². The van der Waals surface area contributed by atoms with Crippen molar-refractivity contribution in [3.63, 3.8) is 0 Å². The van der Waals surface area contributed by atoms with E-state index >= 15 is 0 Å². The lowest BCUT2D eigenvalue weighted by atomic mass is 10.1. The molecule has 2 aromatic carbocycles. The summed E-state index contributed by atoms with van der Waals surface area (Å²) in [6.45, 7) is 4.07. The first kappa shape index (κ1) is 14.4. The van der Waals surface area contributed by atoms with E-state index in [0.29, 0.717) is 5.88 Å². The quantitative estimate of drug-likeness (QED) is 0.676. The van der Waals surface area contributed by atoms with E-state index in [0.717, 1.165) is 23.1 Å². The highest BCUT2D eigenvalue weighted by Gasteiger charge is 2.07. The van der Waals surface area contributed by atoms with E-state index in [2.05, 4.69) is 70.2 Å². The van der Waals surface area contributed by atoms with Gasteiger partial charge in [0.2, 0.25) is 0 Å². The van der Waals surface area contributed by atoms with Crippen molar-refractivity contribution in [2.45, 2.75) is 19.3 Å². The van der Waals surface area contributed by atoms with Crippen molar-refractivity contribution >= 4 is 33.2 Å². The zero-order chi connectivity index (χ0) is 13.7. The molecule has 0 saturated heterocycles. The van der Waals surface area contributed by atoms with E-state index in [-0.39, 0.29) is 0 Å². The molecule has 0 amide bonds. The van der Waals surface area contributed by atoms with Crippen LogP contribution in [0.2, 0.25) is 0 Å². The zero-order valence-electron chi connectivity index (χ0n) is 10.9. The molecule has 0 atom stereocenters. The van der Waals surface area contributed by atoms with Crippen LogP contribution in [-0.2, 0) is 12.4 Å². The Morgan fingerprint density at radius 3 is 2.42 bits per heavy atom. The topological polar surface area (TPSA) is 3.24 Å². The van der Waals surface area contributed by atoms with Gasteiger partial charge in [0.25, 0.3) is 0 Å². The molecule has 0 fully saturated rings. The maximum absolute atomic E-state index is 5.88. The molecule has 0 N–H and O–H groups in total. The SMILES string of the molecule is CCN(Cc1ccccc1)c1ccc(CCl)c(Br)c1. The fraction of sp³-hybridized carbons (Fsp3) is 0.250. The lowest BCUT2D eigenvalue weighted by molar-refractivity contribution is 0.831. The van der Waals surface area contributed by atoms with Crippen LogP contribution in [-0.4, -0.2) is 6.54 Å². The molecule has 0 aliphatic rings. The van der Waals surface area contributed by atoms with Crippen molar-refractivity contribution in [2.24, 2.45) is 0 Å². The minimum Gasteiger partial charge on any atom is -0.367 e. The van der Waals surface area contributed by atoms with Gasteiger partial charge in [-0.2, -0.15) is 0 Å². The van der Waals surface area contributed by atoms with Crippen molar-refractivity contribution in [3.05, 3.63) is 64.1 Å². The molecule has 2 aromatic rings. The van der Waals surface area contributed by atoms with Crippen LogP contribution in [0.15, 0.2) is 53.0 Å². The first-order valence-electron chi connectivity index (χ1n) is 6.38. The Kier molecular flexibility index (Phi) is 5.29. The van der Waals surface area contributed by atoms with E-state index in [1.165, 1.54) is 11.3 Å². The summed E-state index contributed by atoms with van der Waals surface area (Å²) in [4.78, 5) is 2.35. The summed E-state index contributed by atoms with van der Waals surface area (Å²) in [5.41, 5.74) is 3.66. The molecule has 0 aliphatic carbocycles. The number of alkyl halides is 1. The Hall–Kier alpha value is -0.990. The molecular weight excluding hydrogens is 322 g/mol. The van der Waals surface area contributed by atoms with Crippen LogP contribution in [0, 0.1) is 0 Å². The molecule has 0 spiro atoms. The molecule has 3 heteroatoms. The maximum Gasteiger partial charge on any atom is 0.0485 e. The van der Waals surface area contributed by atoms with Crippen LogP contribution in [0.5, 0.6) is 0 Å². The van der Waals surface area contributed by atoms with E-state index in [9.17, 15) is 0 Å². The number of nitrogens with zero attached hydrogens (tertiary/aromatic N) is 1. The molecule has 19 heavy (non-hydrogen) atoms. The van der Waals surface area contributed by atoms with Crippen LogP contribution in [0.3, 0.4) is 0 Å². The Morgan fingerprint density at radius 1 is 1.11 bits per heavy atom. The van der Waals surface area contributed by atoms with Gasteiger partial charge in [-0.1, -0.05) is 52.3 Å². The second-order valence-electron chi connectivity index (χ2n) is 4.41. The van der Waals surface area contributed by atoms with Gasteiger partial charge in [0.1, 0.15) is 0 Å². The summed E-state index contributed by atoms with van der Waals surface area (Å²) >= 11 is 9.46. The van der Waals surface area contributed by atoms with Gasteiger partial charge in [-0.15, -0.1) is 11.6 Å². The van der Waals surface area contributed by atoms with Crippen molar-refractivity contribution in [1.29, 1.82) is 0 Å². The number of hydrogen-bond acceptors (Lipinski definition) is 1. The maximum atomic E-state index is 5.88. The summed E-state index contributed by atoms with van der Waals surface area (Å²) in [5, 5.41) is 0. The molecule has 0 aromatic heterocycles. The van der Waals surface area contributed by atoms with Gasteiger partial charge in [-0.05, 0) is 30.2 Å². The van der Waals surface area contributed by atoms with Crippen LogP contribution >= 0.6 is 27.5 Å². The first-order valence-corrected chi connectivity index (χ1v) is 7.70. The smallest absolute Gasteiger partial charge is 0.0485 e. The molecule has 0 heterocycles. The fourth-order valence-corrected chi connectivity index (χ4v) is 2.93. The molecule has 2 rings (SSSR count). The molecule has 0 aliphatic heterocycles. The number of anilines is 1. The molecule has 0 unspecified atom stereocenters. The van der Waals surface area contributed by atoms with Gasteiger partial charge in [-0.3, -0.25) is 0 Å². The Balaban J connectivity index is 2.20. The second kappa shape index (κ2) is 6.97. The summed E-state index contributed by atoms with van der Waals surface area (Å²) in [6.07, 6.45) is 0. The predicted octanol–water partition coefficient (Wildman–Crippen LogP) is 5.21. The Morgan fingerprint density at radius 2 is 1.84 bits per heavy atom. The molecule has 0 bridgehead atoms. The van der Waals surface area contributed by atoms with E-state index in [1.54, 1.807) is 0 Å². The summed E-state index contributed by atoms with van der Waals surface area (Å²) < 4.78 is 1.08. The van der Waals surface area contributed by atoms with Gasteiger partial charge >= 0.3 is 0 Å². The van der Waals surface area contributed by atoms with Gasteiger partial charge < -0.3 is 4.90 Å². The van der Waals surface area contributed by atoms with E-state index < -0.39 is 0 Å². The average molecular weight is 339 g/mol. The minimum absolute atomic E-state index is 0.533. The van der Waals surface area contributed by atoms with Crippen molar-refractivity contribution in [1.82, 2.24) is 0 Å². The molecular formula is C16H17BrClN.